The molecule has 1 aliphatic heterocycles. The van der Waals surface area contributed by atoms with Crippen LogP contribution in [0.3, 0.4) is 0 Å². The Labute approximate surface area is 112 Å². The third-order valence-electron chi connectivity index (χ3n) is 3.75. The maximum absolute atomic E-state index is 12.4. The van der Waals surface area contributed by atoms with E-state index in [4.69, 9.17) is 0 Å². The van der Waals surface area contributed by atoms with Crippen LogP contribution in [0, 0.1) is 5.92 Å². The fraction of sp³-hybridized carbons (Fsp3) is 0.429. The van der Waals surface area contributed by atoms with Crippen LogP contribution in [-0.4, -0.2) is 47.7 Å². The number of H-pyrrole nitrogens is 1. The molecule has 1 unspecified atom stereocenters. The van der Waals surface area contributed by atoms with Gasteiger partial charge in [-0.1, -0.05) is 0 Å². The van der Waals surface area contributed by atoms with Crippen LogP contribution in [0.1, 0.15) is 16.8 Å². The summed E-state index contributed by atoms with van der Waals surface area (Å²) < 4.78 is 0. The van der Waals surface area contributed by atoms with Crippen LogP contribution in [0.4, 0.5) is 0 Å². The number of nitrogens with zero attached hydrogens (tertiary/aromatic N) is 2. The van der Waals surface area contributed by atoms with Crippen LogP contribution in [0.5, 0.6) is 0 Å². The number of benzene rings is 1. The molecule has 5 heteroatoms. The van der Waals surface area contributed by atoms with Gasteiger partial charge in [0, 0.05) is 24.0 Å². The summed E-state index contributed by atoms with van der Waals surface area (Å²) in [7, 11) is 1.96. The van der Waals surface area contributed by atoms with Gasteiger partial charge >= 0.3 is 0 Å². The van der Waals surface area contributed by atoms with Crippen molar-refractivity contribution in [2.45, 2.75) is 6.42 Å². The number of hydrogen-bond donors (Lipinski definition) is 2. The van der Waals surface area contributed by atoms with Gasteiger partial charge in [0.05, 0.1) is 11.7 Å². The molecule has 1 saturated heterocycles. The number of rotatable bonds is 3. The average Bonchev–Trinajstić information content (AvgIpc) is 3.05. The topological polar surface area (TPSA) is 61.0 Å². The van der Waals surface area contributed by atoms with Gasteiger partial charge in [-0.25, -0.2) is 0 Å². The number of carbonyl (C=O) groups excluding carboxylic acids is 1. The van der Waals surface area contributed by atoms with E-state index in [9.17, 15) is 4.79 Å². The van der Waals surface area contributed by atoms with Crippen molar-refractivity contribution in [2.24, 2.45) is 5.92 Å². The molecule has 3 rings (SSSR count). The van der Waals surface area contributed by atoms with Gasteiger partial charge in [-0.3, -0.25) is 9.89 Å². The minimum atomic E-state index is 0.127. The van der Waals surface area contributed by atoms with Crippen LogP contribution in [0.15, 0.2) is 24.4 Å². The molecule has 1 aromatic heterocycles. The Morgan fingerprint density at radius 1 is 1.58 bits per heavy atom. The molecule has 2 aromatic rings. The predicted octanol–water partition coefficient (Wildman–Crippen LogP) is 1.24. The van der Waals surface area contributed by atoms with Gasteiger partial charge in [0.15, 0.2) is 0 Å². The highest BCUT2D eigenvalue weighted by Crippen LogP contribution is 2.20. The Bertz CT molecular complexity index is 592. The molecular formula is C14H18N4O. The fourth-order valence-corrected chi connectivity index (χ4v) is 2.73. The molecule has 0 spiro atoms. The molecule has 2 heterocycles. The summed E-state index contributed by atoms with van der Waals surface area (Å²) >= 11 is 0. The highest BCUT2D eigenvalue weighted by atomic mass is 16.2. The summed E-state index contributed by atoms with van der Waals surface area (Å²) in [5, 5.41) is 11.0. The number of fused-ring (bicyclic) bond motifs is 1. The normalized spacial score (nSPS) is 19.2. The number of likely N-dealkylation sites (tertiary alicyclic amines) is 1. The van der Waals surface area contributed by atoms with Crippen LogP contribution >= 0.6 is 0 Å². The lowest BCUT2D eigenvalue weighted by atomic mass is 10.1. The first kappa shape index (κ1) is 12.2. The molecule has 0 bridgehead atoms. The van der Waals surface area contributed by atoms with E-state index < -0.39 is 0 Å². The Balaban J connectivity index is 1.76. The van der Waals surface area contributed by atoms with Crippen molar-refractivity contribution in [3.8, 4) is 0 Å². The first-order chi connectivity index (χ1) is 9.28. The van der Waals surface area contributed by atoms with E-state index in [0.717, 1.165) is 42.5 Å². The Hall–Kier alpha value is -1.88. The standard InChI is InChI=1S/C14H18N4O/c1-15-7-10-4-5-18(9-10)14(19)11-2-3-13-12(6-11)8-16-17-13/h2-3,6,8,10,15H,4-5,7,9H2,1H3,(H,16,17). The molecule has 1 atom stereocenters. The average molecular weight is 258 g/mol. The lowest BCUT2D eigenvalue weighted by Crippen LogP contribution is -2.30. The summed E-state index contributed by atoms with van der Waals surface area (Å²) in [6, 6.07) is 5.69. The number of nitrogens with one attached hydrogen (secondary N) is 2. The summed E-state index contributed by atoms with van der Waals surface area (Å²) in [6.45, 7) is 2.68. The molecule has 0 aliphatic carbocycles. The zero-order valence-corrected chi connectivity index (χ0v) is 11.0. The van der Waals surface area contributed by atoms with Crippen molar-refractivity contribution in [1.29, 1.82) is 0 Å². The lowest BCUT2D eigenvalue weighted by Gasteiger charge is -2.16. The second-order valence-electron chi connectivity index (χ2n) is 5.14. The molecular weight excluding hydrogens is 240 g/mol. The van der Waals surface area contributed by atoms with Gasteiger partial charge in [0.2, 0.25) is 0 Å². The van der Waals surface area contributed by atoms with E-state index in [1.807, 2.05) is 30.1 Å². The van der Waals surface area contributed by atoms with Gasteiger partial charge < -0.3 is 10.2 Å². The second-order valence-corrected chi connectivity index (χ2v) is 5.14. The molecule has 1 aromatic carbocycles. The molecule has 0 radical (unpaired) electrons. The summed E-state index contributed by atoms with van der Waals surface area (Å²) in [6.07, 6.45) is 2.83. The van der Waals surface area contributed by atoms with E-state index in [2.05, 4.69) is 15.5 Å². The van der Waals surface area contributed by atoms with Crippen molar-refractivity contribution in [3.63, 3.8) is 0 Å². The molecule has 5 nitrogen and oxygen atoms in total. The van der Waals surface area contributed by atoms with Gasteiger partial charge in [-0.15, -0.1) is 0 Å². The van der Waals surface area contributed by atoms with E-state index in [1.165, 1.54) is 0 Å². The largest absolute Gasteiger partial charge is 0.338 e. The lowest BCUT2D eigenvalue weighted by molar-refractivity contribution is 0.0787. The van der Waals surface area contributed by atoms with Gasteiger partial charge in [-0.05, 0) is 44.1 Å². The predicted molar refractivity (Wildman–Crippen MR) is 74.0 cm³/mol. The van der Waals surface area contributed by atoms with Gasteiger partial charge in [-0.2, -0.15) is 5.10 Å². The minimum absolute atomic E-state index is 0.127. The van der Waals surface area contributed by atoms with E-state index in [-0.39, 0.29) is 5.91 Å². The Kier molecular flexibility index (Phi) is 3.21. The third-order valence-corrected chi connectivity index (χ3v) is 3.75. The Morgan fingerprint density at radius 2 is 2.47 bits per heavy atom. The number of carbonyl (C=O) groups is 1. The van der Waals surface area contributed by atoms with E-state index in [1.54, 1.807) is 6.20 Å². The van der Waals surface area contributed by atoms with E-state index in [0.29, 0.717) is 5.92 Å². The molecule has 1 fully saturated rings. The summed E-state index contributed by atoms with van der Waals surface area (Å²) in [4.78, 5) is 14.4. The van der Waals surface area contributed by atoms with Crippen LogP contribution in [0.2, 0.25) is 0 Å². The molecule has 100 valence electrons. The third kappa shape index (κ3) is 2.33. The minimum Gasteiger partial charge on any atom is -0.338 e. The monoisotopic (exact) mass is 258 g/mol. The number of hydrogen-bond acceptors (Lipinski definition) is 3. The summed E-state index contributed by atoms with van der Waals surface area (Å²) in [5.41, 5.74) is 1.71. The fourth-order valence-electron chi connectivity index (χ4n) is 2.73. The maximum atomic E-state index is 12.4. The molecule has 1 aliphatic rings. The first-order valence-electron chi connectivity index (χ1n) is 6.65. The zero-order valence-electron chi connectivity index (χ0n) is 11.0. The van der Waals surface area contributed by atoms with E-state index >= 15 is 0 Å². The highest BCUT2D eigenvalue weighted by Gasteiger charge is 2.26. The SMILES string of the molecule is CNCC1CCN(C(=O)c2ccc3[nH]ncc3c2)C1. The van der Waals surface area contributed by atoms with Gasteiger partial charge in [0.25, 0.3) is 5.91 Å². The maximum Gasteiger partial charge on any atom is 0.253 e. The van der Waals surface area contributed by atoms with Crippen molar-refractivity contribution in [3.05, 3.63) is 30.0 Å². The van der Waals surface area contributed by atoms with Crippen molar-refractivity contribution < 1.29 is 4.79 Å². The van der Waals surface area contributed by atoms with Crippen molar-refractivity contribution in [2.75, 3.05) is 26.7 Å². The van der Waals surface area contributed by atoms with Crippen LogP contribution in [-0.2, 0) is 0 Å². The first-order valence-corrected chi connectivity index (χ1v) is 6.65. The smallest absolute Gasteiger partial charge is 0.253 e. The van der Waals surface area contributed by atoms with Crippen LogP contribution in [0.25, 0.3) is 10.9 Å². The number of aromatic nitrogens is 2. The quantitative estimate of drug-likeness (QED) is 0.871. The highest BCUT2D eigenvalue weighted by molar-refractivity contribution is 5.98. The molecule has 19 heavy (non-hydrogen) atoms. The van der Waals surface area contributed by atoms with Gasteiger partial charge in [0.1, 0.15) is 0 Å². The number of amides is 1. The number of aromatic amines is 1. The van der Waals surface area contributed by atoms with Crippen LogP contribution < -0.4 is 5.32 Å². The zero-order chi connectivity index (χ0) is 13.2. The Morgan fingerprint density at radius 3 is 3.32 bits per heavy atom. The molecule has 0 saturated carbocycles. The van der Waals surface area contributed by atoms with Crippen molar-refractivity contribution in [1.82, 2.24) is 20.4 Å². The summed E-state index contributed by atoms with van der Waals surface area (Å²) in [5.74, 6) is 0.702. The van der Waals surface area contributed by atoms with Crippen molar-refractivity contribution >= 4 is 16.8 Å². The second kappa shape index (κ2) is 5.01. The molecule has 2 N–H and O–H groups in total. The molecule has 1 amide bonds.